The average Bonchev–Trinajstić information content (AvgIpc) is 2.93. The van der Waals surface area contributed by atoms with Crippen molar-refractivity contribution in [2.75, 3.05) is 5.88 Å². The topological polar surface area (TPSA) is 30.7 Å². The van der Waals surface area contributed by atoms with E-state index in [2.05, 4.69) is 23.9 Å². The van der Waals surface area contributed by atoms with E-state index in [0.29, 0.717) is 0 Å². The summed E-state index contributed by atoms with van der Waals surface area (Å²) in [5.41, 5.74) is 0.254. The van der Waals surface area contributed by atoms with Gasteiger partial charge >= 0.3 is 0 Å². The molecule has 2 rings (SSSR count). The summed E-state index contributed by atoms with van der Waals surface area (Å²) < 4.78 is 2.01. The van der Waals surface area contributed by atoms with E-state index in [1.54, 1.807) is 6.33 Å². The van der Waals surface area contributed by atoms with Gasteiger partial charge in [-0.3, -0.25) is 4.68 Å². The molecule has 0 spiro atoms. The molecule has 0 radical (unpaired) electrons. The maximum atomic E-state index is 6.34. The summed E-state index contributed by atoms with van der Waals surface area (Å²) in [4.78, 5) is 4.44. The van der Waals surface area contributed by atoms with Crippen molar-refractivity contribution in [3.8, 4) is 0 Å². The monoisotopic (exact) mass is 297 g/mol. The van der Waals surface area contributed by atoms with Gasteiger partial charge in [-0.2, -0.15) is 5.10 Å². The molecule has 0 N–H and O–H groups in total. The molecule has 1 fully saturated rings. The van der Waals surface area contributed by atoms with E-state index < -0.39 is 0 Å². The largest absolute Gasteiger partial charge is 0.250 e. The zero-order chi connectivity index (χ0) is 14.4. The fourth-order valence-corrected chi connectivity index (χ4v) is 3.82. The van der Waals surface area contributed by atoms with Gasteiger partial charge in [0.1, 0.15) is 12.2 Å². The Morgan fingerprint density at radius 3 is 2.70 bits per heavy atom. The van der Waals surface area contributed by atoms with Crippen molar-refractivity contribution in [1.82, 2.24) is 14.8 Å². The summed E-state index contributed by atoms with van der Waals surface area (Å²) in [6.45, 7) is 5.30. The lowest BCUT2D eigenvalue weighted by Crippen LogP contribution is -2.32. The van der Waals surface area contributed by atoms with E-state index in [1.807, 2.05) is 4.68 Å². The molecule has 20 heavy (non-hydrogen) atoms. The van der Waals surface area contributed by atoms with Crippen LogP contribution in [0.25, 0.3) is 0 Å². The van der Waals surface area contributed by atoms with Gasteiger partial charge in [-0.25, -0.2) is 4.98 Å². The van der Waals surface area contributed by atoms with Crippen LogP contribution in [0.5, 0.6) is 0 Å². The number of halogens is 1. The van der Waals surface area contributed by atoms with Gasteiger partial charge in [-0.1, -0.05) is 26.2 Å². The number of nitrogens with zero attached hydrogens (tertiary/aromatic N) is 3. The molecule has 1 heterocycles. The van der Waals surface area contributed by atoms with Crippen LogP contribution in [0.3, 0.4) is 0 Å². The van der Waals surface area contributed by atoms with Crippen LogP contribution >= 0.6 is 11.6 Å². The molecule has 1 aromatic rings. The smallest absolute Gasteiger partial charge is 0.138 e. The first kappa shape index (κ1) is 15.8. The molecule has 0 aliphatic heterocycles. The minimum Gasteiger partial charge on any atom is -0.250 e. The Hall–Kier alpha value is -0.570. The van der Waals surface area contributed by atoms with Crippen LogP contribution in [0.2, 0.25) is 0 Å². The van der Waals surface area contributed by atoms with Gasteiger partial charge in [-0.15, -0.1) is 11.6 Å². The first-order chi connectivity index (χ1) is 9.73. The highest BCUT2D eigenvalue weighted by atomic mass is 35.5. The second-order valence-electron chi connectivity index (χ2n) is 6.39. The van der Waals surface area contributed by atoms with Crippen molar-refractivity contribution in [2.45, 2.75) is 71.8 Å². The Bertz CT molecular complexity index is 394. The van der Waals surface area contributed by atoms with E-state index in [-0.39, 0.29) is 5.41 Å². The standard InChI is InChI=1S/C16H28ClN3/c1-3-5-6-14-7-9-16(12-17,10-8-14)11-15-18-13-19-20(15)4-2/h13-14H,3-12H2,1-2H3. The molecule has 3 nitrogen and oxygen atoms in total. The quantitative estimate of drug-likeness (QED) is 0.696. The fraction of sp³-hybridized carbons (Fsp3) is 0.875. The molecule has 114 valence electrons. The average molecular weight is 298 g/mol. The first-order valence-electron chi connectivity index (χ1n) is 8.15. The summed E-state index contributed by atoms with van der Waals surface area (Å²) in [5, 5.41) is 4.28. The van der Waals surface area contributed by atoms with E-state index in [0.717, 1.165) is 30.6 Å². The number of unbranched alkanes of at least 4 members (excludes halogenated alkanes) is 1. The number of hydrogen-bond donors (Lipinski definition) is 0. The lowest BCUT2D eigenvalue weighted by atomic mass is 9.68. The van der Waals surface area contributed by atoms with Crippen LogP contribution in [-0.4, -0.2) is 20.6 Å². The van der Waals surface area contributed by atoms with E-state index >= 15 is 0 Å². The van der Waals surface area contributed by atoms with Crippen molar-refractivity contribution in [3.63, 3.8) is 0 Å². The summed E-state index contributed by atoms with van der Waals surface area (Å²) >= 11 is 6.34. The van der Waals surface area contributed by atoms with Gasteiger partial charge in [0.2, 0.25) is 0 Å². The Kier molecular flexibility index (Phi) is 5.88. The molecule has 0 bridgehead atoms. The number of aromatic nitrogens is 3. The van der Waals surface area contributed by atoms with Crippen LogP contribution in [0, 0.1) is 11.3 Å². The molecule has 1 aliphatic carbocycles. The van der Waals surface area contributed by atoms with Gasteiger partial charge in [0.15, 0.2) is 0 Å². The Morgan fingerprint density at radius 1 is 1.35 bits per heavy atom. The molecule has 0 atom stereocenters. The summed E-state index contributed by atoms with van der Waals surface area (Å²) in [7, 11) is 0. The molecule has 1 saturated carbocycles. The number of alkyl halides is 1. The van der Waals surface area contributed by atoms with Gasteiger partial charge in [-0.05, 0) is 43.9 Å². The second-order valence-corrected chi connectivity index (χ2v) is 6.66. The highest BCUT2D eigenvalue weighted by molar-refractivity contribution is 6.18. The molecule has 0 saturated heterocycles. The van der Waals surface area contributed by atoms with Crippen LogP contribution in [0.1, 0.15) is 64.6 Å². The zero-order valence-corrected chi connectivity index (χ0v) is 13.7. The molecular weight excluding hydrogens is 270 g/mol. The van der Waals surface area contributed by atoms with Crippen molar-refractivity contribution < 1.29 is 0 Å². The third-order valence-corrected chi connectivity index (χ3v) is 5.51. The fourth-order valence-electron chi connectivity index (χ4n) is 3.45. The SMILES string of the molecule is CCCCC1CCC(CCl)(Cc2ncnn2CC)CC1. The highest BCUT2D eigenvalue weighted by Gasteiger charge is 2.35. The van der Waals surface area contributed by atoms with Crippen LogP contribution in [0.4, 0.5) is 0 Å². The van der Waals surface area contributed by atoms with Crippen molar-refractivity contribution >= 4 is 11.6 Å². The zero-order valence-electron chi connectivity index (χ0n) is 12.9. The van der Waals surface area contributed by atoms with Crippen molar-refractivity contribution in [3.05, 3.63) is 12.2 Å². The Labute approximate surface area is 128 Å². The molecule has 0 unspecified atom stereocenters. The van der Waals surface area contributed by atoms with Crippen LogP contribution in [-0.2, 0) is 13.0 Å². The molecule has 1 aliphatic rings. The maximum absolute atomic E-state index is 6.34. The summed E-state index contributed by atoms with van der Waals surface area (Å²) in [6, 6.07) is 0. The predicted molar refractivity (Wildman–Crippen MR) is 84.0 cm³/mol. The van der Waals surface area contributed by atoms with Crippen LogP contribution < -0.4 is 0 Å². The normalized spacial score (nSPS) is 26.9. The molecular formula is C16H28ClN3. The minimum atomic E-state index is 0.254. The summed E-state index contributed by atoms with van der Waals surface area (Å²) in [5.74, 6) is 2.79. The van der Waals surface area contributed by atoms with Crippen LogP contribution in [0.15, 0.2) is 6.33 Å². The van der Waals surface area contributed by atoms with Gasteiger partial charge in [0, 0.05) is 18.8 Å². The van der Waals surface area contributed by atoms with Gasteiger partial charge < -0.3 is 0 Å². The second kappa shape index (κ2) is 7.44. The van der Waals surface area contributed by atoms with Gasteiger partial charge in [0.25, 0.3) is 0 Å². The molecule has 0 aromatic carbocycles. The highest BCUT2D eigenvalue weighted by Crippen LogP contribution is 2.43. The minimum absolute atomic E-state index is 0.254. The third-order valence-electron chi connectivity index (χ3n) is 4.94. The first-order valence-corrected chi connectivity index (χ1v) is 8.69. The molecule has 0 amide bonds. The molecule has 4 heteroatoms. The van der Waals surface area contributed by atoms with E-state index in [9.17, 15) is 0 Å². The number of aryl methyl sites for hydroxylation is 1. The third kappa shape index (κ3) is 3.75. The molecule has 1 aromatic heterocycles. The van der Waals surface area contributed by atoms with E-state index in [1.165, 1.54) is 44.9 Å². The van der Waals surface area contributed by atoms with Gasteiger partial charge in [0.05, 0.1) is 0 Å². The lowest BCUT2D eigenvalue weighted by Gasteiger charge is -2.38. The predicted octanol–water partition coefficient (Wildman–Crippen LogP) is 4.45. The Balaban J connectivity index is 1.95. The Morgan fingerprint density at radius 2 is 2.10 bits per heavy atom. The van der Waals surface area contributed by atoms with Crippen molar-refractivity contribution in [2.24, 2.45) is 11.3 Å². The lowest BCUT2D eigenvalue weighted by molar-refractivity contribution is 0.161. The maximum Gasteiger partial charge on any atom is 0.138 e. The number of hydrogen-bond acceptors (Lipinski definition) is 2. The number of rotatable bonds is 7. The van der Waals surface area contributed by atoms with E-state index in [4.69, 9.17) is 11.6 Å². The van der Waals surface area contributed by atoms with Crippen molar-refractivity contribution in [1.29, 1.82) is 0 Å². The summed E-state index contributed by atoms with van der Waals surface area (Å²) in [6.07, 6.45) is 11.9.